The Hall–Kier alpha value is -0.700. The monoisotopic (exact) mass is 307 g/mol. The maximum absolute atomic E-state index is 12.4. The van der Waals surface area contributed by atoms with Crippen molar-refractivity contribution in [1.29, 1.82) is 0 Å². The van der Waals surface area contributed by atoms with Gasteiger partial charge in [0.1, 0.15) is 0 Å². The first kappa shape index (κ1) is 17.4. The number of piperazine rings is 1. The van der Waals surface area contributed by atoms with Crippen molar-refractivity contribution in [3.63, 3.8) is 0 Å². The van der Waals surface area contributed by atoms with Crippen molar-refractivity contribution >= 4 is 16.2 Å². The van der Waals surface area contributed by atoms with E-state index in [9.17, 15) is 13.2 Å². The normalized spacial score (nSPS) is 22.1. The molecule has 1 atom stereocenters. The predicted molar refractivity (Wildman–Crippen MR) is 76.5 cm³/mol. The quantitative estimate of drug-likeness (QED) is 0.633. The van der Waals surface area contributed by atoms with Gasteiger partial charge >= 0.3 is 5.97 Å². The lowest BCUT2D eigenvalue weighted by atomic mass is 10.1. The Morgan fingerprint density at radius 1 is 1.40 bits per heavy atom. The van der Waals surface area contributed by atoms with Gasteiger partial charge in [-0.15, -0.1) is 0 Å². The summed E-state index contributed by atoms with van der Waals surface area (Å²) in [5.74, 6) is -0.406. The fourth-order valence-corrected chi connectivity index (χ4v) is 3.62. The van der Waals surface area contributed by atoms with E-state index >= 15 is 0 Å². The third kappa shape index (κ3) is 4.15. The van der Waals surface area contributed by atoms with E-state index in [1.165, 1.54) is 22.8 Å². The minimum atomic E-state index is -3.50. The lowest BCUT2D eigenvalue weighted by Gasteiger charge is -2.39. The van der Waals surface area contributed by atoms with E-state index in [1.54, 1.807) is 0 Å². The molecule has 0 aromatic carbocycles. The lowest BCUT2D eigenvalue weighted by Crippen LogP contribution is -2.55. The lowest BCUT2D eigenvalue weighted by molar-refractivity contribution is -0.140. The Morgan fingerprint density at radius 2 is 2.05 bits per heavy atom. The first-order chi connectivity index (χ1) is 9.32. The molecule has 8 heteroatoms. The zero-order valence-corrected chi connectivity index (χ0v) is 13.5. The highest BCUT2D eigenvalue weighted by Gasteiger charge is 2.33. The van der Waals surface area contributed by atoms with Crippen molar-refractivity contribution in [2.24, 2.45) is 0 Å². The van der Waals surface area contributed by atoms with Gasteiger partial charge in [0.2, 0.25) is 0 Å². The van der Waals surface area contributed by atoms with Crippen LogP contribution in [0.2, 0.25) is 0 Å². The van der Waals surface area contributed by atoms with Crippen molar-refractivity contribution in [2.45, 2.75) is 25.8 Å². The van der Waals surface area contributed by atoms with E-state index in [4.69, 9.17) is 0 Å². The SMILES string of the molecule is CCC1CN(S(=O)(=O)N(C)CCC(=O)OC)CCN1C. The van der Waals surface area contributed by atoms with Crippen LogP contribution in [0.3, 0.4) is 0 Å². The maximum atomic E-state index is 12.4. The first-order valence-corrected chi connectivity index (χ1v) is 8.21. The summed E-state index contributed by atoms with van der Waals surface area (Å²) >= 11 is 0. The molecule has 1 unspecified atom stereocenters. The van der Waals surface area contributed by atoms with Gasteiger partial charge in [-0.05, 0) is 13.5 Å². The Labute approximate surface area is 121 Å². The molecular formula is C12H25N3O4S. The molecule has 0 spiro atoms. The van der Waals surface area contributed by atoms with Crippen molar-refractivity contribution in [1.82, 2.24) is 13.5 Å². The molecule has 0 N–H and O–H groups in total. The van der Waals surface area contributed by atoms with E-state index in [-0.39, 0.29) is 19.0 Å². The maximum Gasteiger partial charge on any atom is 0.306 e. The molecule has 0 aliphatic carbocycles. The second kappa shape index (κ2) is 7.35. The topological polar surface area (TPSA) is 70.2 Å². The number of esters is 1. The van der Waals surface area contributed by atoms with E-state index in [0.29, 0.717) is 13.1 Å². The van der Waals surface area contributed by atoms with Gasteiger partial charge in [0.25, 0.3) is 10.2 Å². The van der Waals surface area contributed by atoms with E-state index in [1.807, 2.05) is 7.05 Å². The molecular weight excluding hydrogens is 282 g/mol. The molecule has 1 fully saturated rings. The van der Waals surface area contributed by atoms with E-state index in [0.717, 1.165) is 13.0 Å². The Kier molecular flexibility index (Phi) is 6.38. The Morgan fingerprint density at radius 3 is 2.60 bits per heavy atom. The molecule has 0 aromatic heterocycles. The zero-order chi connectivity index (χ0) is 15.3. The van der Waals surface area contributed by atoms with Crippen LogP contribution in [0, 0.1) is 0 Å². The summed E-state index contributed by atoms with van der Waals surface area (Å²) in [5, 5.41) is 0. The van der Waals surface area contributed by atoms with Crippen LogP contribution in [-0.2, 0) is 19.7 Å². The van der Waals surface area contributed by atoms with Crippen LogP contribution in [0.5, 0.6) is 0 Å². The van der Waals surface area contributed by atoms with Crippen LogP contribution in [0.25, 0.3) is 0 Å². The third-order valence-corrected chi connectivity index (χ3v) is 5.74. The molecule has 0 saturated carbocycles. The van der Waals surface area contributed by atoms with Gasteiger partial charge in [0.15, 0.2) is 0 Å². The van der Waals surface area contributed by atoms with Crippen molar-refractivity contribution in [3.05, 3.63) is 0 Å². The highest BCUT2D eigenvalue weighted by atomic mass is 32.2. The van der Waals surface area contributed by atoms with Crippen molar-refractivity contribution in [2.75, 3.05) is 47.4 Å². The van der Waals surface area contributed by atoms with Crippen molar-refractivity contribution in [3.8, 4) is 0 Å². The minimum absolute atomic E-state index is 0.0666. The number of hydrogen-bond donors (Lipinski definition) is 0. The van der Waals surface area contributed by atoms with Gasteiger partial charge < -0.3 is 9.64 Å². The smallest absolute Gasteiger partial charge is 0.306 e. The summed E-state index contributed by atoms with van der Waals surface area (Å²) in [6.07, 6.45) is 0.978. The molecule has 118 valence electrons. The van der Waals surface area contributed by atoms with Gasteiger partial charge in [-0.2, -0.15) is 17.0 Å². The molecule has 0 bridgehead atoms. The average molecular weight is 307 g/mol. The van der Waals surface area contributed by atoms with Crippen LogP contribution in [0.4, 0.5) is 0 Å². The van der Waals surface area contributed by atoms with Crippen LogP contribution in [-0.4, -0.2) is 81.3 Å². The number of ether oxygens (including phenoxy) is 1. The molecule has 1 saturated heterocycles. The van der Waals surface area contributed by atoms with Crippen LogP contribution < -0.4 is 0 Å². The minimum Gasteiger partial charge on any atom is -0.469 e. The molecule has 1 rings (SSSR count). The van der Waals surface area contributed by atoms with Crippen LogP contribution >= 0.6 is 0 Å². The zero-order valence-electron chi connectivity index (χ0n) is 12.7. The second-order valence-electron chi connectivity index (χ2n) is 5.06. The average Bonchev–Trinajstić information content (AvgIpc) is 2.44. The van der Waals surface area contributed by atoms with Crippen molar-refractivity contribution < 1.29 is 17.9 Å². The number of likely N-dealkylation sites (N-methyl/N-ethyl adjacent to an activating group) is 1. The number of carbonyl (C=O) groups excluding carboxylic acids is 1. The van der Waals surface area contributed by atoms with E-state index < -0.39 is 16.2 Å². The predicted octanol–water partition coefficient (Wildman–Crippen LogP) is -0.248. The summed E-state index contributed by atoms with van der Waals surface area (Å²) < 4.78 is 32.1. The fourth-order valence-electron chi connectivity index (χ4n) is 2.23. The number of rotatable bonds is 6. The molecule has 0 amide bonds. The molecule has 20 heavy (non-hydrogen) atoms. The number of hydrogen-bond acceptors (Lipinski definition) is 5. The first-order valence-electron chi connectivity index (χ1n) is 6.81. The molecule has 7 nitrogen and oxygen atoms in total. The van der Waals surface area contributed by atoms with Crippen LogP contribution in [0.15, 0.2) is 0 Å². The highest BCUT2D eigenvalue weighted by molar-refractivity contribution is 7.86. The largest absolute Gasteiger partial charge is 0.469 e. The number of carbonyl (C=O) groups is 1. The summed E-state index contributed by atoms with van der Waals surface area (Å²) in [6, 6.07) is 0.243. The number of nitrogens with zero attached hydrogens (tertiary/aromatic N) is 3. The Bertz CT molecular complexity index is 426. The third-order valence-electron chi connectivity index (χ3n) is 3.79. The molecule has 1 aliphatic rings. The molecule has 1 aliphatic heterocycles. The molecule has 0 radical (unpaired) electrons. The summed E-state index contributed by atoms with van der Waals surface area (Å²) in [4.78, 5) is 13.3. The standard InChI is InChI=1S/C12H25N3O4S/c1-5-11-10-15(9-8-13(11)2)20(17,18)14(3)7-6-12(16)19-4/h11H,5-10H2,1-4H3. The fraction of sp³-hybridized carbons (Fsp3) is 0.917. The van der Waals surface area contributed by atoms with Gasteiger partial charge in [0, 0.05) is 39.3 Å². The number of methoxy groups -OCH3 is 1. The molecule has 1 heterocycles. The Balaban J connectivity index is 2.65. The second-order valence-corrected chi connectivity index (χ2v) is 7.09. The van der Waals surface area contributed by atoms with Gasteiger partial charge in [0.05, 0.1) is 13.5 Å². The molecule has 0 aromatic rings. The summed E-state index contributed by atoms with van der Waals surface area (Å²) in [6.45, 7) is 3.90. The van der Waals surface area contributed by atoms with Crippen LogP contribution in [0.1, 0.15) is 19.8 Å². The summed E-state index contributed by atoms with van der Waals surface area (Å²) in [5.41, 5.74) is 0. The highest BCUT2D eigenvalue weighted by Crippen LogP contribution is 2.16. The van der Waals surface area contributed by atoms with Gasteiger partial charge in [-0.1, -0.05) is 6.92 Å². The van der Waals surface area contributed by atoms with Gasteiger partial charge in [-0.25, -0.2) is 0 Å². The summed E-state index contributed by atoms with van der Waals surface area (Å²) in [7, 11) is 1.31. The van der Waals surface area contributed by atoms with E-state index in [2.05, 4.69) is 16.6 Å². The van der Waals surface area contributed by atoms with Gasteiger partial charge in [-0.3, -0.25) is 4.79 Å².